The first-order chi connectivity index (χ1) is 10.7. The van der Waals surface area contributed by atoms with Gasteiger partial charge in [-0.05, 0) is 24.3 Å². The van der Waals surface area contributed by atoms with Crippen LogP contribution in [-0.2, 0) is 6.54 Å². The highest BCUT2D eigenvalue weighted by atomic mass is 16.6. The van der Waals surface area contributed by atoms with E-state index in [4.69, 9.17) is 0 Å². The van der Waals surface area contributed by atoms with Crippen molar-refractivity contribution in [2.45, 2.75) is 6.54 Å². The second kappa shape index (κ2) is 6.09. The van der Waals surface area contributed by atoms with Crippen LogP contribution in [0.4, 0.5) is 11.4 Å². The van der Waals surface area contributed by atoms with Gasteiger partial charge in [0.05, 0.1) is 16.8 Å². The van der Waals surface area contributed by atoms with Gasteiger partial charge >= 0.3 is 0 Å². The monoisotopic (exact) mass is 294 g/mol. The fourth-order valence-corrected chi connectivity index (χ4v) is 2.08. The zero-order valence-electron chi connectivity index (χ0n) is 11.7. The van der Waals surface area contributed by atoms with Crippen LogP contribution in [0.1, 0.15) is 5.56 Å². The highest BCUT2D eigenvalue weighted by molar-refractivity contribution is 5.48. The summed E-state index contributed by atoms with van der Waals surface area (Å²) in [5.74, 6) is 0. The first-order valence-electron chi connectivity index (χ1n) is 6.80. The molecule has 0 spiro atoms. The van der Waals surface area contributed by atoms with Gasteiger partial charge < -0.3 is 5.32 Å². The van der Waals surface area contributed by atoms with Gasteiger partial charge in [0.1, 0.15) is 0 Å². The van der Waals surface area contributed by atoms with Crippen LogP contribution in [0.15, 0.2) is 67.0 Å². The molecule has 0 amide bonds. The Morgan fingerprint density at radius 1 is 1.09 bits per heavy atom. The van der Waals surface area contributed by atoms with Crippen LogP contribution in [-0.4, -0.2) is 14.7 Å². The highest BCUT2D eigenvalue weighted by Gasteiger charge is 2.04. The van der Waals surface area contributed by atoms with Crippen molar-refractivity contribution >= 4 is 11.4 Å². The van der Waals surface area contributed by atoms with Crippen LogP contribution in [0, 0.1) is 10.1 Å². The van der Waals surface area contributed by atoms with Crippen molar-refractivity contribution in [2.24, 2.45) is 0 Å². The van der Waals surface area contributed by atoms with E-state index in [0.717, 1.165) is 16.9 Å². The number of aromatic nitrogens is 2. The molecule has 0 unspecified atom stereocenters. The maximum Gasteiger partial charge on any atom is 0.269 e. The Morgan fingerprint density at radius 3 is 2.50 bits per heavy atom. The van der Waals surface area contributed by atoms with E-state index >= 15 is 0 Å². The average molecular weight is 294 g/mol. The topological polar surface area (TPSA) is 73.0 Å². The molecule has 0 fully saturated rings. The highest BCUT2D eigenvalue weighted by Crippen LogP contribution is 2.16. The molecule has 22 heavy (non-hydrogen) atoms. The van der Waals surface area contributed by atoms with Crippen LogP contribution in [0.25, 0.3) is 5.69 Å². The second-order valence-corrected chi connectivity index (χ2v) is 4.79. The number of nitro benzene ring substituents is 1. The summed E-state index contributed by atoms with van der Waals surface area (Å²) < 4.78 is 1.81. The van der Waals surface area contributed by atoms with Gasteiger partial charge in [-0.1, -0.05) is 18.2 Å². The van der Waals surface area contributed by atoms with E-state index in [9.17, 15) is 10.1 Å². The van der Waals surface area contributed by atoms with E-state index in [2.05, 4.69) is 10.4 Å². The number of para-hydroxylation sites is 1. The molecule has 0 bridgehead atoms. The van der Waals surface area contributed by atoms with Crippen LogP contribution in [0.3, 0.4) is 0 Å². The fraction of sp³-hybridized carbons (Fsp3) is 0.0625. The molecular formula is C16H14N4O2. The van der Waals surface area contributed by atoms with Crippen molar-refractivity contribution in [1.82, 2.24) is 9.78 Å². The first kappa shape index (κ1) is 13.8. The third-order valence-electron chi connectivity index (χ3n) is 3.23. The number of hydrogen-bond donors (Lipinski definition) is 1. The normalized spacial score (nSPS) is 10.4. The van der Waals surface area contributed by atoms with Gasteiger partial charge in [-0.25, -0.2) is 4.68 Å². The van der Waals surface area contributed by atoms with Gasteiger partial charge in [0.2, 0.25) is 0 Å². The van der Waals surface area contributed by atoms with Crippen molar-refractivity contribution in [3.63, 3.8) is 0 Å². The van der Waals surface area contributed by atoms with Gasteiger partial charge in [0.25, 0.3) is 5.69 Å². The van der Waals surface area contributed by atoms with Crippen LogP contribution >= 0.6 is 0 Å². The molecule has 0 saturated carbocycles. The summed E-state index contributed by atoms with van der Waals surface area (Å²) in [6.07, 6.45) is 3.75. The minimum atomic E-state index is -0.409. The lowest BCUT2D eigenvalue weighted by Gasteiger charge is -2.04. The molecule has 2 aromatic carbocycles. The minimum Gasteiger partial charge on any atom is -0.381 e. The summed E-state index contributed by atoms with van der Waals surface area (Å²) in [5, 5.41) is 18.1. The number of nitrogens with one attached hydrogen (secondary N) is 1. The Bertz CT molecular complexity index is 766. The lowest BCUT2D eigenvalue weighted by molar-refractivity contribution is -0.384. The molecule has 1 heterocycles. The lowest BCUT2D eigenvalue weighted by Crippen LogP contribution is -1.98. The lowest BCUT2D eigenvalue weighted by atomic mass is 10.2. The van der Waals surface area contributed by atoms with Crippen molar-refractivity contribution < 1.29 is 4.92 Å². The molecule has 0 aliphatic carbocycles. The Labute approximate surface area is 127 Å². The third kappa shape index (κ3) is 3.12. The van der Waals surface area contributed by atoms with Crippen molar-refractivity contribution in [3.8, 4) is 5.69 Å². The predicted octanol–water partition coefficient (Wildman–Crippen LogP) is 3.39. The van der Waals surface area contributed by atoms with Gasteiger partial charge in [-0.2, -0.15) is 5.10 Å². The third-order valence-corrected chi connectivity index (χ3v) is 3.23. The molecule has 0 saturated heterocycles. The smallest absolute Gasteiger partial charge is 0.269 e. The zero-order chi connectivity index (χ0) is 15.4. The Kier molecular flexibility index (Phi) is 3.82. The maximum atomic E-state index is 10.6. The number of anilines is 1. The molecule has 0 atom stereocenters. The van der Waals surface area contributed by atoms with E-state index < -0.39 is 4.92 Å². The summed E-state index contributed by atoms with van der Waals surface area (Å²) in [7, 11) is 0. The quantitative estimate of drug-likeness (QED) is 0.578. The Balaban J connectivity index is 1.65. The van der Waals surface area contributed by atoms with Crippen molar-refractivity contribution in [2.75, 3.05) is 5.32 Å². The average Bonchev–Trinajstić information content (AvgIpc) is 3.03. The number of rotatable bonds is 5. The summed E-state index contributed by atoms with van der Waals surface area (Å²) in [6, 6.07) is 16.2. The number of non-ortho nitro benzene ring substituents is 1. The largest absolute Gasteiger partial charge is 0.381 e. The minimum absolute atomic E-state index is 0.0856. The van der Waals surface area contributed by atoms with E-state index in [1.54, 1.807) is 18.3 Å². The first-order valence-corrected chi connectivity index (χ1v) is 6.80. The van der Waals surface area contributed by atoms with Gasteiger partial charge in [-0.3, -0.25) is 10.1 Å². The molecule has 3 rings (SSSR count). The molecule has 6 nitrogen and oxygen atoms in total. The van der Waals surface area contributed by atoms with E-state index in [-0.39, 0.29) is 5.69 Å². The molecule has 1 N–H and O–H groups in total. The van der Waals surface area contributed by atoms with Gasteiger partial charge in [0.15, 0.2) is 0 Å². The standard InChI is InChI=1S/C16H14N4O2/c21-20(22)16-8-6-14(7-9-16)17-10-13-11-18-19(12-13)15-4-2-1-3-5-15/h1-9,11-12,17H,10H2. The van der Waals surface area contributed by atoms with E-state index in [1.165, 1.54) is 12.1 Å². The molecular weight excluding hydrogens is 280 g/mol. The Morgan fingerprint density at radius 2 is 1.82 bits per heavy atom. The molecule has 0 aliphatic rings. The summed E-state index contributed by atoms with van der Waals surface area (Å²) in [6.45, 7) is 0.602. The second-order valence-electron chi connectivity index (χ2n) is 4.79. The van der Waals surface area contributed by atoms with Crippen LogP contribution in [0.5, 0.6) is 0 Å². The molecule has 3 aromatic rings. The number of hydrogen-bond acceptors (Lipinski definition) is 4. The Hall–Kier alpha value is -3.15. The number of nitro groups is 1. The maximum absolute atomic E-state index is 10.6. The van der Waals surface area contributed by atoms with E-state index in [1.807, 2.05) is 41.2 Å². The van der Waals surface area contributed by atoms with Crippen molar-refractivity contribution in [1.29, 1.82) is 0 Å². The summed E-state index contributed by atoms with van der Waals surface area (Å²) in [5.41, 5.74) is 2.95. The van der Waals surface area contributed by atoms with Gasteiger partial charge in [0, 0.05) is 36.1 Å². The summed E-state index contributed by atoms with van der Waals surface area (Å²) >= 11 is 0. The van der Waals surface area contributed by atoms with Gasteiger partial charge in [-0.15, -0.1) is 0 Å². The molecule has 0 aliphatic heterocycles. The van der Waals surface area contributed by atoms with Crippen molar-refractivity contribution in [3.05, 3.63) is 82.7 Å². The summed E-state index contributed by atoms with van der Waals surface area (Å²) in [4.78, 5) is 10.2. The van der Waals surface area contributed by atoms with E-state index in [0.29, 0.717) is 6.54 Å². The molecule has 1 aromatic heterocycles. The van der Waals surface area contributed by atoms with Crippen LogP contribution in [0.2, 0.25) is 0 Å². The molecule has 110 valence electrons. The molecule has 6 heteroatoms. The van der Waals surface area contributed by atoms with Crippen LogP contribution < -0.4 is 5.32 Å². The predicted molar refractivity (Wildman–Crippen MR) is 84.0 cm³/mol. The SMILES string of the molecule is O=[N+]([O-])c1ccc(NCc2cnn(-c3ccccc3)c2)cc1. The zero-order valence-corrected chi connectivity index (χ0v) is 11.7. The fourth-order valence-electron chi connectivity index (χ4n) is 2.08. The molecule has 0 radical (unpaired) electrons. The number of nitrogens with zero attached hydrogens (tertiary/aromatic N) is 3. The number of benzene rings is 2.